The van der Waals surface area contributed by atoms with Gasteiger partial charge in [-0.05, 0) is 42.8 Å². The Morgan fingerprint density at radius 1 is 1.22 bits per heavy atom. The van der Waals surface area contributed by atoms with Crippen LogP contribution >= 0.6 is 11.6 Å². The van der Waals surface area contributed by atoms with Crippen molar-refractivity contribution in [3.63, 3.8) is 0 Å². The predicted octanol–water partition coefficient (Wildman–Crippen LogP) is 1.29. The highest BCUT2D eigenvalue weighted by molar-refractivity contribution is 6.28. The molecule has 1 aliphatic carbocycles. The molecule has 0 aromatic carbocycles. The van der Waals surface area contributed by atoms with E-state index in [9.17, 15) is 0 Å². The Kier molecular flexibility index (Phi) is 4.54. The number of rotatable bonds is 5. The fourth-order valence-corrected chi connectivity index (χ4v) is 2.44. The van der Waals surface area contributed by atoms with Crippen LogP contribution in [0, 0.1) is 11.8 Å². The first kappa shape index (κ1) is 13.3. The molecule has 6 nitrogen and oxygen atoms in total. The van der Waals surface area contributed by atoms with E-state index in [0.29, 0.717) is 25.0 Å². The van der Waals surface area contributed by atoms with Crippen LogP contribution in [0.5, 0.6) is 12.0 Å². The Morgan fingerprint density at radius 2 is 1.94 bits per heavy atom. The first-order chi connectivity index (χ1) is 8.72. The molecule has 7 heteroatoms. The van der Waals surface area contributed by atoms with Crippen molar-refractivity contribution in [2.75, 3.05) is 20.3 Å². The van der Waals surface area contributed by atoms with Crippen molar-refractivity contribution >= 4 is 11.6 Å². The molecule has 2 atom stereocenters. The topological polar surface area (TPSA) is 83.2 Å². The minimum Gasteiger partial charge on any atom is -0.467 e. The molecular formula is C11H17ClN4O2. The van der Waals surface area contributed by atoms with Gasteiger partial charge in [0.1, 0.15) is 0 Å². The van der Waals surface area contributed by atoms with Gasteiger partial charge in [0, 0.05) is 0 Å². The molecule has 2 rings (SSSR count). The van der Waals surface area contributed by atoms with E-state index in [1.54, 1.807) is 0 Å². The normalized spacial score (nSPS) is 23.1. The second-order valence-corrected chi connectivity index (χ2v) is 4.71. The maximum Gasteiger partial charge on any atom is 0.323 e. The third-order valence-corrected chi connectivity index (χ3v) is 3.46. The van der Waals surface area contributed by atoms with Crippen LogP contribution < -0.4 is 15.2 Å². The molecule has 0 amide bonds. The van der Waals surface area contributed by atoms with Crippen LogP contribution in [0.15, 0.2) is 0 Å². The highest BCUT2D eigenvalue weighted by atomic mass is 35.5. The molecule has 0 bridgehead atoms. The van der Waals surface area contributed by atoms with Crippen molar-refractivity contribution in [1.29, 1.82) is 0 Å². The Hall–Kier alpha value is -1.14. The van der Waals surface area contributed by atoms with E-state index in [0.717, 1.165) is 6.42 Å². The number of nitrogens with two attached hydrogens (primary N) is 1. The fraction of sp³-hybridized carbons (Fsp3) is 0.727. The standard InChI is InChI=1S/C11H17ClN4O2/c1-17-10-14-9(12)15-11(16-10)18-6-8-4-2-3-7(8)5-13/h7-8H,2-6,13H2,1H3. The highest BCUT2D eigenvalue weighted by Gasteiger charge is 2.26. The van der Waals surface area contributed by atoms with Crippen molar-refractivity contribution in [3.8, 4) is 12.0 Å². The zero-order valence-corrected chi connectivity index (χ0v) is 11.1. The molecule has 100 valence electrons. The van der Waals surface area contributed by atoms with E-state index in [4.69, 9.17) is 26.8 Å². The first-order valence-corrected chi connectivity index (χ1v) is 6.39. The number of aromatic nitrogens is 3. The lowest BCUT2D eigenvalue weighted by atomic mass is 9.97. The molecule has 0 saturated heterocycles. The van der Waals surface area contributed by atoms with Crippen molar-refractivity contribution < 1.29 is 9.47 Å². The van der Waals surface area contributed by atoms with Crippen molar-refractivity contribution in [2.45, 2.75) is 19.3 Å². The molecule has 18 heavy (non-hydrogen) atoms. The number of ether oxygens (including phenoxy) is 2. The SMILES string of the molecule is COc1nc(Cl)nc(OCC2CCCC2CN)n1. The van der Waals surface area contributed by atoms with E-state index in [1.165, 1.54) is 20.0 Å². The molecule has 2 unspecified atom stereocenters. The van der Waals surface area contributed by atoms with Gasteiger partial charge in [-0.3, -0.25) is 0 Å². The second kappa shape index (κ2) is 6.15. The van der Waals surface area contributed by atoms with Gasteiger partial charge < -0.3 is 15.2 Å². The number of methoxy groups -OCH3 is 1. The third-order valence-electron chi connectivity index (χ3n) is 3.30. The van der Waals surface area contributed by atoms with Gasteiger partial charge in [-0.1, -0.05) is 6.42 Å². The summed E-state index contributed by atoms with van der Waals surface area (Å²) in [7, 11) is 1.47. The van der Waals surface area contributed by atoms with Crippen LogP contribution in [0.4, 0.5) is 0 Å². The molecule has 1 aromatic rings. The minimum atomic E-state index is 0.0682. The molecule has 0 aliphatic heterocycles. The third kappa shape index (κ3) is 3.20. The first-order valence-electron chi connectivity index (χ1n) is 6.01. The highest BCUT2D eigenvalue weighted by Crippen LogP contribution is 2.31. The lowest BCUT2D eigenvalue weighted by Crippen LogP contribution is -2.23. The van der Waals surface area contributed by atoms with Crippen LogP contribution in [0.2, 0.25) is 5.28 Å². The predicted molar refractivity (Wildman–Crippen MR) is 66.8 cm³/mol. The summed E-state index contributed by atoms with van der Waals surface area (Å²) >= 11 is 5.74. The fourth-order valence-electron chi connectivity index (χ4n) is 2.30. The van der Waals surface area contributed by atoms with Gasteiger partial charge in [0.15, 0.2) is 0 Å². The Bertz CT molecular complexity index is 405. The van der Waals surface area contributed by atoms with Crippen LogP contribution in [0.25, 0.3) is 0 Å². The summed E-state index contributed by atoms with van der Waals surface area (Å²) in [6.07, 6.45) is 3.51. The van der Waals surface area contributed by atoms with E-state index >= 15 is 0 Å². The smallest absolute Gasteiger partial charge is 0.323 e. The summed E-state index contributed by atoms with van der Waals surface area (Å²) in [5, 5.41) is 0.0682. The molecule has 1 aliphatic rings. The maximum absolute atomic E-state index is 5.74. The van der Waals surface area contributed by atoms with Gasteiger partial charge in [-0.25, -0.2) is 0 Å². The van der Waals surface area contributed by atoms with E-state index < -0.39 is 0 Å². The summed E-state index contributed by atoms with van der Waals surface area (Å²) < 4.78 is 10.5. The Labute approximate surface area is 111 Å². The van der Waals surface area contributed by atoms with Gasteiger partial charge in [-0.2, -0.15) is 9.97 Å². The van der Waals surface area contributed by atoms with Gasteiger partial charge in [-0.15, -0.1) is 4.98 Å². The molecule has 1 saturated carbocycles. The van der Waals surface area contributed by atoms with Crippen LogP contribution in [0.1, 0.15) is 19.3 Å². The molecule has 1 fully saturated rings. The number of hydrogen-bond acceptors (Lipinski definition) is 6. The van der Waals surface area contributed by atoms with Crippen molar-refractivity contribution in [2.24, 2.45) is 17.6 Å². The van der Waals surface area contributed by atoms with Crippen LogP contribution in [-0.4, -0.2) is 35.2 Å². The Morgan fingerprint density at radius 3 is 2.67 bits per heavy atom. The summed E-state index contributed by atoms with van der Waals surface area (Å²) in [5.74, 6) is 1.00. The minimum absolute atomic E-state index is 0.0682. The molecule has 0 spiro atoms. The monoisotopic (exact) mass is 272 g/mol. The zero-order valence-electron chi connectivity index (χ0n) is 10.3. The average molecular weight is 273 g/mol. The largest absolute Gasteiger partial charge is 0.467 e. The Balaban J connectivity index is 1.95. The van der Waals surface area contributed by atoms with E-state index in [1.807, 2.05) is 0 Å². The molecular weight excluding hydrogens is 256 g/mol. The molecule has 1 aromatic heterocycles. The maximum atomic E-state index is 5.74. The quantitative estimate of drug-likeness (QED) is 0.870. The number of halogens is 1. The number of nitrogens with zero attached hydrogens (tertiary/aromatic N) is 3. The average Bonchev–Trinajstić information content (AvgIpc) is 2.83. The van der Waals surface area contributed by atoms with Gasteiger partial charge >= 0.3 is 12.0 Å². The summed E-state index contributed by atoms with van der Waals surface area (Å²) in [4.78, 5) is 11.7. The van der Waals surface area contributed by atoms with Crippen LogP contribution in [0.3, 0.4) is 0 Å². The van der Waals surface area contributed by atoms with Gasteiger partial charge in [0.2, 0.25) is 5.28 Å². The van der Waals surface area contributed by atoms with E-state index in [2.05, 4.69) is 15.0 Å². The summed E-state index contributed by atoms with van der Waals surface area (Å²) in [6.45, 7) is 1.26. The lowest BCUT2D eigenvalue weighted by Gasteiger charge is -2.17. The van der Waals surface area contributed by atoms with E-state index in [-0.39, 0.29) is 17.3 Å². The second-order valence-electron chi connectivity index (χ2n) is 4.37. The summed E-state index contributed by atoms with van der Waals surface area (Å²) in [6, 6.07) is 0.362. The van der Waals surface area contributed by atoms with Crippen molar-refractivity contribution in [3.05, 3.63) is 5.28 Å². The molecule has 1 heterocycles. The van der Waals surface area contributed by atoms with Crippen molar-refractivity contribution in [1.82, 2.24) is 15.0 Å². The van der Waals surface area contributed by atoms with Crippen LogP contribution in [-0.2, 0) is 0 Å². The molecule has 2 N–H and O–H groups in total. The van der Waals surface area contributed by atoms with Gasteiger partial charge in [0.05, 0.1) is 13.7 Å². The zero-order chi connectivity index (χ0) is 13.0. The number of hydrogen-bond donors (Lipinski definition) is 1. The molecule has 0 radical (unpaired) electrons. The summed E-state index contributed by atoms with van der Waals surface area (Å²) in [5.41, 5.74) is 5.73. The lowest BCUT2D eigenvalue weighted by molar-refractivity contribution is 0.200. The van der Waals surface area contributed by atoms with Gasteiger partial charge in [0.25, 0.3) is 0 Å².